The Hall–Kier alpha value is -2.83. The number of ether oxygens (including phenoxy) is 1. The van der Waals surface area contributed by atoms with E-state index in [1.54, 1.807) is 18.5 Å². The molecule has 1 N–H and O–H groups in total. The third kappa shape index (κ3) is 3.56. The summed E-state index contributed by atoms with van der Waals surface area (Å²) >= 11 is 0. The lowest BCUT2D eigenvalue weighted by atomic mass is 10.0. The highest BCUT2D eigenvalue weighted by Gasteiger charge is 2.18. The Morgan fingerprint density at radius 3 is 2.92 bits per heavy atom. The summed E-state index contributed by atoms with van der Waals surface area (Å²) in [5, 5.41) is 0.769. The summed E-state index contributed by atoms with van der Waals surface area (Å²) in [6.45, 7) is 0.657. The highest BCUT2D eigenvalue weighted by atomic mass is 16.8. The molecule has 1 atom stereocenters. The Morgan fingerprint density at radius 2 is 2.12 bits per heavy atom. The maximum absolute atomic E-state index is 12.7. The highest BCUT2D eigenvalue weighted by Crippen LogP contribution is 2.24. The summed E-state index contributed by atoms with van der Waals surface area (Å²) in [7, 11) is 0. The van der Waals surface area contributed by atoms with Crippen molar-refractivity contribution in [2.75, 3.05) is 6.61 Å². The molecule has 1 amide bonds. The number of pyridine rings is 2. The lowest BCUT2D eigenvalue weighted by Gasteiger charge is -2.22. The van der Waals surface area contributed by atoms with Gasteiger partial charge in [0, 0.05) is 36.4 Å². The Bertz CT molecular complexity index is 909. The predicted octanol–water partition coefficient (Wildman–Crippen LogP) is 3.48. The maximum Gasteiger partial charge on any atom is 0.275 e. The van der Waals surface area contributed by atoms with Gasteiger partial charge in [-0.05, 0) is 37.1 Å². The molecule has 0 spiro atoms. The molecule has 3 aromatic rings. The van der Waals surface area contributed by atoms with Crippen LogP contribution in [0.25, 0.3) is 22.2 Å². The summed E-state index contributed by atoms with van der Waals surface area (Å²) in [4.78, 5) is 27.0. The molecule has 1 saturated heterocycles. The van der Waals surface area contributed by atoms with E-state index in [0.29, 0.717) is 17.9 Å². The number of hydrogen-bond donors (Lipinski definition) is 1. The average molecular weight is 349 g/mol. The van der Waals surface area contributed by atoms with Crippen molar-refractivity contribution in [1.29, 1.82) is 0 Å². The van der Waals surface area contributed by atoms with Gasteiger partial charge < -0.3 is 4.74 Å². The number of carbonyl (C=O) groups excluding carboxylic acids is 1. The summed E-state index contributed by atoms with van der Waals surface area (Å²) in [5.41, 5.74) is 5.32. The number of nitrogens with zero attached hydrogens (tertiary/aromatic N) is 2. The van der Waals surface area contributed by atoms with Gasteiger partial charge in [-0.2, -0.15) is 0 Å². The van der Waals surface area contributed by atoms with E-state index in [4.69, 9.17) is 9.57 Å². The van der Waals surface area contributed by atoms with Crippen LogP contribution in [0.3, 0.4) is 0 Å². The van der Waals surface area contributed by atoms with Crippen molar-refractivity contribution in [3.05, 3.63) is 60.4 Å². The molecular formula is C20H19N3O3. The van der Waals surface area contributed by atoms with Gasteiger partial charge in [-0.3, -0.25) is 9.78 Å². The Labute approximate surface area is 151 Å². The first kappa shape index (κ1) is 16.6. The van der Waals surface area contributed by atoms with Crippen molar-refractivity contribution < 1.29 is 14.4 Å². The van der Waals surface area contributed by atoms with Crippen LogP contribution in [0.1, 0.15) is 29.6 Å². The number of carbonyl (C=O) groups is 1. The number of aromatic nitrogens is 2. The summed E-state index contributed by atoms with van der Waals surface area (Å²) in [6.07, 6.45) is 5.87. The van der Waals surface area contributed by atoms with E-state index >= 15 is 0 Å². The third-order valence-corrected chi connectivity index (χ3v) is 4.34. The number of fused-ring (bicyclic) bond motifs is 1. The predicted molar refractivity (Wildman–Crippen MR) is 97.1 cm³/mol. The second-order valence-electron chi connectivity index (χ2n) is 6.16. The molecule has 0 aliphatic carbocycles. The molecular weight excluding hydrogens is 330 g/mol. The van der Waals surface area contributed by atoms with Crippen LogP contribution in [0.15, 0.2) is 54.9 Å². The Balaban J connectivity index is 1.65. The standard InChI is InChI=1S/C20H19N3O3/c24-20(23-26-19-9-3-4-11-25-19)16-12-18(14-6-5-10-21-13-14)22-17-8-2-1-7-15(16)17/h1-2,5-8,10,12-13,19H,3-4,9,11H2,(H,23,24). The fourth-order valence-corrected chi connectivity index (χ4v) is 3.00. The molecule has 2 aromatic heterocycles. The smallest absolute Gasteiger partial charge is 0.275 e. The SMILES string of the molecule is O=C(NOC1CCCCO1)c1cc(-c2cccnc2)nc2ccccc12. The van der Waals surface area contributed by atoms with Gasteiger partial charge >= 0.3 is 0 Å². The molecule has 1 aliphatic rings. The van der Waals surface area contributed by atoms with Crippen LogP contribution in [0.5, 0.6) is 0 Å². The van der Waals surface area contributed by atoms with Crippen LogP contribution >= 0.6 is 0 Å². The quantitative estimate of drug-likeness (QED) is 0.730. The van der Waals surface area contributed by atoms with Gasteiger partial charge in [0.1, 0.15) is 0 Å². The van der Waals surface area contributed by atoms with Gasteiger partial charge in [0.2, 0.25) is 0 Å². The summed E-state index contributed by atoms with van der Waals surface area (Å²) in [5.74, 6) is -0.317. The van der Waals surface area contributed by atoms with Gasteiger partial charge in [0.15, 0.2) is 6.29 Å². The van der Waals surface area contributed by atoms with Crippen LogP contribution < -0.4 is 5.48 Å². The van der Waals surface area contributed by atoms with E-state index in [2.05, 4.69) is 15.4 Å². The average Bonchev–Trinajstić information content (AvgIpc) is 2.72. The minimum atomic E-state index is -0.390. The number of rotatable bonds is 4. The van der Waals surface area contributed by atoms with E-state index in [9.17, 15) is 4.79 Å². The third-order valence-electron chi connectivity index (χ3n) is 4.34. The van der Waals surface area contributed by atoms with Crippen LogP contribution in [0, 0.1) is 0 Å². The summed E-state index contributed by atoms with van der Waals surface area (Å²) in [6, 6.07) is 13.1. The maximum atomic E-state index is 12.7. The molecule has 1 aromatic carbocycles. The van der Waals surface area contributed by atoms with Crippen LogP contribution in [-0.4, -0.2) is 28.8 Å². The topological polar surface area (TPSA) is 73.3 Å². The summed E-state index contributed by atoms with van der Waals surface area (Å²) < 4.78 is 5.49. The second-order valence-corrected chi connectivity index (χ2v) is 6.16. The van der Waals surface area contributed by atoms with Gasteiger partial charge in [0.05, 0.1) is 16.8 Å². The minimum absolute atomic E-state index is 0.317. The highest BCUT2D eigenvalue weighted by molar-refractivity contribution is 6.06. The van der Waals surface area contributed by atoms with Gasteiger partial charge in [0.25, 0.3) is 5.91 Å². The van der Waals surface area contributed by atoms with Gasteiger partial charge in [-0.1, -0.05) is 18.2 Å². The van der Waals surface area contributed by atoms with Crippen molar-refractivity contribution in [3.63, 3.8) is 0 Å². The zero-order valence-corrected chi connectivity index (χ0v) is 14.2. The Kier molecular flexibility index (Phi) is 4.86. The molecule has 6 nitrogen and oxygen atoms in total. The van der Waals surface area contributed by atoms with Crippen molar-refractivity contribution >= 4 is 16.8 Å². The fourth-order valence-electron chi connectivity index (χ4n) is 3.00. The van der Waals surface area contributed by atoms with E-state index in [0.717, 1.165) is 35.7 Å². The van der Waals surface area contributed by atoms with Crippen molar-refractivity contribution in [2.45, 2.75) is 25.6 Å². The number of benzene rings is 1. The number of para-hydroxylation sites is 1. The van der Waals surface area contributed by atoms with Crippen LogP contribution in [0.2, 0.25) is 0 Å². The molecule has 6 heteroatoms. The van der Waals surface area contributed by atoms with Crippen LogP contribution in [-0.2, 0) is 9.57 Å². The molecule has 26 heavy (non-hydrogen) atoms. The molecule has 4 rings (SSSR count). The number of hydroxylamine groups is 1. The second kappa shape index (κ2) is 7.59. The van der Waals surface area contributed by atoms with Gasteiger partial charge in [-0.15, -0.1) is 0 Å². The fraction of sp³-hybridized carbons (Fsp3) is 0.250. The number of nitrogens with one attached hydrogen (secondary N) is 1. The first-order valence-corrected chi connectivity index (χ1v) is 8.69. The van der Waals surface area contributed by atoms with Crippen LogP contribution in [0.4, 0.5) is 0 Å². The molecule has 0 radical (unpaired) electrons. The first-order chi connectivity index (χ1) is 12.8. The molecule has 1 aliphatic heterocycles. The molecule has 1 unspecified atom stereocenters. The largest absolute Gasteiger partial charge is 0.350 e. The number of amides is 1. The minimum Gasteiger partial charge on any atom is -0.350 e. The van der Waals surface area contributed by atoms with E-state index in [-0.39, 0.29) is 5.91 Å². The monoisotopic (exact) mass is 349 g/mol. The van der Waals surface area contributed by atoms with Gasteiger partial charge in [-0.25, -0.2) is 15.3 Å². The van der Waals surface area contributed by atoms with E-state index in [1.807, 2.05) is 36.4 Å². The van der Waals surface area contributed by atoms with Crippen molar-refractivity contribution in [1.82, 2.24) is 15.4 Å². The Morgan fingerprint density at radius 1 is 1.19 bits per heavy atom. The molecule has 0 saturated carbocycles. The lowest BCUT2D eigenvalue weighted by Crippen LogP contribution is -2.33. The lowest BCUT2D eigenvalue weighted by molar-refractivity contribution is -0.186. The molecule has 132 valence electrons. The zero-order chi connectivity index (χ0) is 17.8. The first-order valence-electron chi connectivity index (χ1n) is 8.69. The van der Waals surface area contributed by atoms with Crippen molar-refractivity contribution in [3.8, 4) is 11.3 Å². The number of hydrogen-bond acceptors (Lipinski definition) is 5. The zero-order valence-electron chi connectivity index (χ0n) is 14.2. The van der Waals surface area contributed by atoms with E-state index < -0.39 is 6.29 Å². The molecule has 3 heterocycles. The molecule has 1 fully saturated rings. The van der Waals surface area contributed by atoms with Crippen molar-refractivity contribution in [2.24, 2.45) is 0 Å². The molecule has 0 bridgehead atoms. The normalized spacial score (nSPS) is 17.2. The van der Waals surface area contributed by atoms with E-state index in [1.165, 1.54) is 0 Å².